The molecule has 2 atom stereocenters. The summed E-state index contributed by atoms with van der Waals surface area (Å²) in [6.07, 6.45) is 5.32. The Kier molecular flexibility index (Phi) is 2.94. The lowest BCUT2D eigenvalue weighted by molar-refractivity contribution is -0.105. The van der Waals surface area contributed by atoms with E-state index in [4.69, 9.17) is 4.74 Å². The quantitative estimate of drug-likeness (QED) is 0.725. The van der Waals surface area contributed by atoms with Gasteiger partial charge in [-0.2, -0.15) is 0 Å². The van der Waals surface area contributed by atoms with Crippen molar-refractivity contribution in [2.24, 2.45) is 5.41 Å². The predicted molar refractivity (Wildman–Crippen MR) is 64.5 cm³/mol. The first-order chi connectivity index (χ1) is 7.79. The largest absolute Gasteiger partial charge is 0.381 e. The molecule has 3 aliphatic rings. The Hall–Kier alpha value is -0.120. The molecule has 92 valence electrons. The highest BCUT2D eigenvalue weighted by atomic mass is 16.5. The van der Waals surface area contributed by atoms with Crippen LogP contribution in [-0.4, -0.2) is 49.8 Å². The minimum Gasteiger partial charge on any atom is -0.381 e. The number of rotatable bonds is 1. The molecular formula is C13H24N2O. The van der Waals surface area contributed by atoms with Gasteiger partial charge < -0.3 is 10.1 Å². The molecule has 3 saturated heterocycles. The Bertz CT molecular complexity index is 242. The lowest BCUT2D eigenvalue weighted by atomic mass is 9.72. The molecule has 3 heterocycles. The van der Waals surface area contributed by atoms with Gasteiger partial charge in [-0.1, -0.05) is 0 Å². The van der Waals surface area contributed by atoms with E-state index in [1.807, 2.05) is 0 Å². The maximum atomic E-state index is 5.47. The monoisotopic (exact) mass is 224 g/mol. The fourth-order valence-corrected chi connectivity index (χ4v) is 3.70. The van der Waals surface area contributed by atoms with Crippen LogP contribution in [0.1, 0.15) is 32.6 Å². The number of nitrogens with one attached hydrogen (secondary N) is 1. The molecule has 0 radical (unpaired) electrons. The highest BCUT2D eigenvalue weighted by Gasteiger charge is 2.47. The van der Waals surface area contributed by atoms with Crippen LogP contribution in [0, 0.1) is 5.41 Å². The first kappa shape index (κ1) is 11.0. The van der Waals surface area contributed by atoms with E-state index in [2.05, 4.69) is 17.1 Å². The molecule has 0 aliphatic carbocycles. The molecule has 3 nitrogen and oxygen atoms in total. The number of nitrogens with zero attached hydrogens (tertiary/aromatic N) is 1. The molecule has 3 aliphatic heterocycles. The molecule has 1 spiro atoms. The zero-order valence-corrected chi connectivity index (χ0v) is 10.4. The van der Waals surface area contributed by atoms with Gasteiger partial charge in [0, 0.05) is 43.8 Å². The summed E-state index contributed by atoms with van der Waals surface area (Å²) in [7, 11) is 0. The summed E-state index contributed by atoms with van der Waals surface area (Å²) in [5.74, 6) is 0. The van der Waals surface area contributed by atoms with Crippen molar-refractivity contribution in [3.05, 3.63) is 0 Å². The Balaban J connectivity index is 1.55. The van der Waals surface area contributed by atoms with Crippen LogP contribution in [0.5, 0.6) is 0 Å². The smallest absolute Gasteiger partial charge is 0.0472 e. The summed E-state index contributed by atoms with van der Waals surface area (Å²) >= 11 is 0. The van der Waals surface area contributed by atoms with Crippen LogP contribution < -0.4 is 5.32 Å². The summed E-state index contributed by atoms with van der Waals surface area (Å²) in [5, 5.41) is 3.61. The second-order valence-corrected chi connectivity index (χ2v) is 5.97. The third-order valence-corrected chi connectivity index (χ3v) is 4.82. The third kappa shape index (κ3) is 1.89. The molecule has 1 N–H and O–H groups in total. The molecule has 0 bridgehead atoms. The van der Waals surface area contributed by atoms with Gasteiger partial charge in [0.25, 0.3) is 0 Å². The van der Waals surface area contributed by atoms with Crippen molar-refractivity contribution in [1.29, 1.82) is 0 Å². The summed E-state index contributed by atoms with van der Waals surface area (Å²) < 4.78 is 5.47. The van der Waals surface area contributed by atoms with E-state index in [1.54, 1.807) is 0 Å². The molecule has 0 aromatic heterocycles. The number of hydrogen-bond donors (Lipinski definition) is 1. The van der Waals surface area contributed by atoms with Crippen LogP contribution in [0.4, 0.5) is 0 Å². The maximum absolute atomic E-state index is 5.47. The van der Waals surface area contributed by atoms with Gasteiger partial charge in [-0.3, -0.25) is 4.90 Å². The Morgan fingerprint density at radius 1 is 1.25 bits per heavy atom. The van der Waals surface area contributed by atoms with E-state index in [9.17, 15) is 0 Å². The second kappa shape index (κ2) is 4.28. The van der Waals surface area contributed by atoms with Gasteiger partial charge in [-0.15, -0.1) is 0 Å². The van der Waals surface area contributed by atoms with Crippen LogP contribution in [0.25, 0.3) is 0 Å². The number of likely N-dealkylation sites (tertiary alicyclic amines) is 1. The van der Waals surface area contributed by atoms with E-state index in [0.29, 0.717) is 11.5 Å². The van der Waals surface area contributed by atoms with Gasteiger partial charge >= 0.3 is 0 Å². The molecule has 0 aromatic rings. The summed E-state index contributed by atoms with van der Waals surface area (Å²) in [4.78, 5) is 2.71. The van der Waals surface area contributed by atoms with Gasteiger partial charge in [0.1, 0.15) is 0 Å². The van der Waals surface area contributed by atoms with E-state index in [-0.39, 0.29) is 0 Å². The average Bonchev–Trinajstić information content (AvgIpc) is 2.28. The van der Waals surface area contributed by atoms with Gasteiger partial charge in [-0.05, 0) is 39.2 Å². The molecule has 3 fully saturated rings. The zero-order valence-electron chi connectivity index (χ0n) is 10.4. The summed E-state index contributed by atoms with van der Waals surface area (Å²) in [5.41, 5.74) is 0.634. The lowest BCUT2D eigenvalue weighted by Crippen LogP contribution is -2.65. The average molecular weight is 224 g/mol. The summed E-state index contributed by atoms with van der Waals surface area (Å²) in [6.45, 7) is 8.20. The maximum Gasteiger partial charge on any atom is 0.0472 e. The molecular weight excluding hydrogens is 200 g/mol. The molecule has 0 saturated carbocycles. The normalized spacial score (nSPS) is 39.6. The van der Waals surface area contributed by atoms with Crippen molar-refractivity contribution in [3.8, 4) is 0 Å². The fourth-order valence-electron chi connectivity index (χ4n) is 3.70. The number of ether oxygens (including phenoxy) is 1. The van der Waals surface area contributed by atoms with E-state index >= 15 is 0 Å². The van der Waals surface area contributed by atoms with Crippen LogP contribution in [0.15, 0.2) is 0 Å². The van der Waals surface area contributed by atoms with Crippen LogP contribution in [0.3, 0.4) is 0 Å². The predicted octanol–water partition coefficient (Wildman–Crippen LogP) is 1.24. The van der Waals surface area contributed by atoms with Crippen LogP contribution >= 0.6 is 0 Å². The summed E-state index contributed by atoms with van der Waals surface area (Å²) in [6, 6.07) is 1.48. The minimum atomic E-state index is 0.634. The molecule has 0 aromatic carbocycles. The number of hydrogen-bond acceptors (Lipinski definition) is 3. The van der Waals surface area contributed by atoms with Crippen LogP contribution in [0.2, 0.25) is 0 Å². The minimum absolute atomic E-state index is 0.634. The second-order valence-electron chi connectivity index (χ2n) is 5.97. The molecule has 3 heteroatoms. The molecule has 2 unspecified atom stereocenters. The third-order valence-electron chi connectivity index (χ3n) is 4.82. The first-order valence-electron chi connectivity index (χ1n) is 6.84. The number of piperidine rings is 1. The van der Waals surface area contributed by atoms with Crippen molar-refractivity contribution in [2.75, 3.05) is 32.8 Å². The van der Waals surface area contributed by atoms with E-state index < -0.39 is 0 Å². The van der Waals surface area contributed by atoms with Gasteiger partial charge in [0.15, 0.2) is 0 Å². The van der Waals surface area contributed by atoms with E-state index in [1.165, 1.54) is 45.3 Å². The Labute approximate surface area is 98.5 Å². The van der Waals surface area contributed by atoms with Crippen LogP contribution in [-0.2, 0) is 4.74 Å². The molecule has 16 heavy (non-hydrogen) atoms. The SMILES string of the molecule is CC1NCCCC1N1CC2(CCOCC2)C1. The van der Waals surface area contributed by atoms with Crippen molar-refractivity contribution in [3.63, 3.8) is 0 Å². The zero-order chi connectivity index (χ0) is 11.0. The highest BCUT2D eigenvalue weighted by Crippen LogP contribution is 2.41. The van der Waals surface area contributed by atoms with Gasteiger partial charge in [0.2, 0.25) is 0 Å². The molecule has 3 rings (SSSR count). The van der Waals surface area contributed by atoms with Crippen molar-refractivity contribution in [1.82, 2.24) is 10.2 Å². The Morgan fingerprint density at radius 3 is 2.69 bits per heavy atom. The van der Waals surface area contributed by atoms with Crippen molar-refractivity contribution < 1.29 is 4.74 Å². The topological polar surface area (TPSA) is 24.5 Å². The van der Waals surface area contributed by atoms with Gasteiger partial charge in [0.05, 0.1) is 0 Å². The van der Waals surface area contributed by atoms with Gasteiger partial charge in [-0.25, -0.2) is 0 Å². The Morgan fingerprint density at radius 2 is 2.00 bits per heavy atom. The van der Waals surface area contributed by atoms with Crippen molar-refractivity contribution in [2.45, 2.75) is 44.7 Å². The first-order valence-corrected chi connectivity index (χ1v) is 6.84. The highest BCUT2D eigenvalue weighted by molar-refractivity contribution is 5.01. The standard InChI is InChI=1S/C13H24N2O/c1-11-12(3-2-6-14-11)15-9-13(10-15)4-7-16-8-5-13/h11-12,14H,2-10H2,1H3. The fraction of sp³-hybridized carbons (Fsp3) is 1.00. The van der Waals surface area contributed by atoms with E-state index in [0.717, 1.165) is 19.3 Å². The van der Waals surface area contributed by atoms with Crippen molar-refractivity contribution >= 4 is 0 Å². The lowest BCUT2D eigenvalue weighted by Gasteiger charge is -2.56. The molecule has 0 amide bonds.